The van der Waals surface area contributed by atoms with E-state index >= 15 is 0 Å². The standard InChI is InChI=1S/C15H28N2O3/c1-12-14(4-3-11-20-12)15(19)17-7-5-13(6-8-17)16(2)9-10-18/h12-14,18H,3-11H2,1-2H3/t12-,14-/m0/s1. The lowest BCUT2D eigenvalue weighted by atomic mass is 9.92. The van der Waals surface area contributed by atoms with Crippen molar-refractivity contribution in [1.29, 1.82) is 0 Å². The maximum Gasteiger partial charge on any atom is 0.228 e. The highest BCUT2D eigenvalue weighted by molar-refractivity contribution is 5.79. The van der Waals surface area contributed by atoms with Gasteiger partial charge in [-0.2, -0.15) is 0 Å². The fourth-order valence-electron chi connectivity index (χ4n) is 3.35. The van der Waals surface area contributed by atoms with E-state index in [0.29, 0.717) is 12.6 Å². The summed E-state index contributed by atoms with van der Waals surface area (Å²) in [5.41, 5.74) is 0. The molecule has 1 N–H and O–H groups in total. The van der Waals surface area contributed by atoms with E-state index in [4.69, 9.17) is 9.84 Å². The number of nitrogens with zero attached hydrogens (tertiary/aromatic N) is 2. The molecule has 0 spiro atoms. The van der Waals surface area contributed by atoms with Gasteiger partial charge in [-0.3, -0.25) is 4.79 Å². The Labute approximate surface area is 121 Å². The van der Waals surface area contributed by atoms with Crippen molar-refractivity contribution in [3.63, 3.8) is 0 Å². The SMILES string of the molecule is C[C@@H]1OCCC[C@@H]1C(=O)N1CCC(N(C)CCO)CC1. The molecule has 20 heavy (non-hydrogen) atoms. The van der Waals surface area contributed by atoms with Crippen LogP contribution in [0.1, 0.15) is 32.6 Å². The molecule has 1 amide bonds. The predicted octanol–water partition coefficient (Wildman–Crippen LogP) is 0.717. The predicted molar refractivity (Wildman–Crippen MR) is 77.5 cm³/mol. The van der Waals surface area contributed by atoms with Crippen LogP contribution in [0.5, 0.6) is 0 Å². The molecule has 2 fully saturated rings. The number of hydrogen-bond acceptors (Lipinski definition) is 4. The summed E-state index contributed by atoms with van der Waals surface area (Å²) >= 11 is 0. The van der Waals surface area contributed by atoms with E-state index in [2.05, 4.69) is 11.9 Å². The molecule has 0 aliphatic carbocycles. The molecule has 2 aliphatic rings. The normalized spacial score (nSPS) is 28.9. The van der Waals surface area contributed by atoms with Crippen LogP contribution in [0.15, 0.2) is 0 Å². The molecule has 2 rings (SSSR count). The van der Waals surface area contributed by atoms with Crippen molar-refractivity contribution in [2.24, 2.45) is 5.92 Å². The van der Waals surface area contributed by atoms with Gasteiger partial charge in [0, 0.05) is 32.3 Å². The topological polar surface area (TPSA) is 53.0 Å². The van der Waals surface area contributed by atoms with E-state index in [1.54, 1.807) is 0 Å². The third-order valence-corrected chi connectivity index (χ3v) is 4.78. The smallest absolute Gasteiger partial charge is 0.228 e. The van der Waals surface area contributed by atoms with Gasteiger partial charge in [0.05, 0.1) is 18.6 Å². The van der Waals surface area contributed by atoms with Crippen LogP contribution < -0.4 is 0 Å². The van der Waals surface area contributed by atoms with Crippen LogP contribution in [0.4, 0.5) is 0 Å². The lowest BCUT2D eigenvalue weighted by molar-refractivity contribution is -0.145. The molecule has 0 aromatic heterocycles. The Bertz CT molecular complexity index is 316. The van der Waals surface area contributed by atoms with Gasteiger partial charge in [0.1, 0.15) is 0 Å². The van der Waals surface area contributed by atoms with Gasteiger partial charge < -0.3 is 19.6 Å². The van der Waals surface area contributed by atoms with Gasteiger partial charge >= 0.3 is 0 Å². The Morgan fingerprint density at radius 3 is 2.65 bits per heavy atom. The lowest BCUT2D eigenvalue weighted by Crippen LogP contribution is -2.49. The van der Waals surface area contributed by atoms with Gasteiger partial charge in [0.15, 0.2) is 0 Å². The fourth-order valence-corrected chi connectivity index (χ4v) is 3.35. The molecule has 0 radical (unpaired) electrons. The Morgan fingerprint density at radius 2 is 2.05 bits per heavy atom. The minimum absolute atomic E-state index is 0.0514. The number of amides is 1. The highest BCUT2D eigenvalue weighted by atomic mass is 16.5. The summed E-state index contributed by atoms with van der Waals surface area (Å²) in [6.45, 7) is 5.39. The van der Waals surface area contributed by atoms with E-state index < -0.39 is 0 Å². The molecule has 0 bridgehead atoms. The van der Waals surface area contributed by atoms with E-state index in [1.165, 1.54) is 0 Å². The first-order chi connectivity index (χ1) is 9.63. The molecule has 5 nitrogen and oxygen atoms in total. The summed E-state index contributed by atoms with van der Waals surface area (Å²) in [7, 11) is 2.05. The number of likely N-dealkylation sites (N-methyl/N-ethyl adjacent to an activating group) is 1. The van der Waals surface area contributed by atoms with Crippen molar-refractivity contribution in [3.05, 3.63) is 0 Å². The summed E-state index contributed by atoms with van der Waals surface area (Å²) in [4.78, 5) is 16.8. The van der Waals surface area contributed by atoms with Crippen LogP contribution in [0.25, 0.3) is 0 Å². The molecule has 0 saturated carbocycles. The van der Waals surface area contributed by atoms with Gasteiger partial charge in [-0.15, -0.1) is 0 Å². The number of piperidine rings is 1. The van der Waals surface area contributed by atoms with E-state index in [1.807, 2.05) is 11.8 Å². The first-order valence-corrected chi connectivity index (χ1v) is 7.85. The molecule has 0 aromatic rings. The van der Waals surface area contributed by atoms with Crippen molar-refractivity contribution < 1.29 is 14.6 Å². The molecule has 2 atom stereocenters. The number of hydrogen-bond donors (Lipinski definition) is 1. The molecule has 0 unspecified atom stereocenters. The number of aliphatic hydroxyl groups excluding tert-OH is 1. The van der Waals surface area contributed by atoms with Gasteiger partial charge in [0.25, 0.3) is 0 Å². The Hall–Kier alpha value is -0.650. The second-order valence-corrected chi connectivity index (χ2v) is 6.09. The summed E-state index contributed by atoms with van der Waals surface area (Å²) in [5, 5.41) is 8.99. The van der Waals surface area contributed by atoms with Crippen LogP contribution in [0, 0.1) is 5.92 Å². The zero-order chi connectivity index (χ0) is 14.5. The average Bonchev–Trinajstić information content (AvgIpc) is 2.47. The van der Waals surface area contributed by atoms with Crippen molar-refractivity contribution in [3.8, 4) is 0 Å². The van der Waals surface area contributed by atoms with Crippen LogP contribution in [0.2, 0.25) is 0 Å². The minimum Gasteiger partial charge on any atom is -0.395 e. The van der Waals surface area contributed by atoms with Gasteiger partial charge in [-0.25, -0.2) is 0 Å². The van der Waals surface area contributed by atoms with Crippen molar-refractivity contribution in [1.82, 2.24) is 9.80 Å². The zero-order valence-electron chi connectivity index (χ0n) is 12.8. The van der Waals surface area contributed by atoms with Crippen LogP contribution in [0.3, 0.4) is 0 Å². The first kappa shape index (κ1) is 15.7. The quantitative estimate of drug-likeness (QED) is 0.826. The third-order valence-electron chi connectivity index (χ3n) is 4.78. The maximum atomic E-state index is 12.6. The van der Waals surface area contributed by atoms with E-state index in [0.717, 1.165) is 45.4 Å². The minimum atomic E-state index is 0.0514. The van der Waals surface area contributed by atoms with Crippen LogP contribution in [-0.2, 0) is 9.53 Å². The second-order valence-electron chi connectivity index (χ2n) is 6.09. The molecule has 0 aromatic carbocycles. The van der Waals surface area contributed by atoms with Gasteiger partial charge in [-0.05, 0) is 39.7 Å². The van der Waals surface area contributed by atoms with Crippen molar-refractivity contribution >= 4 is 5.91 Å². The summed E-state index contributed by atoms with van der Waals surface area (Å²) in [6, 6.07) is 0.492. The number of rotatable bonds is 4. The fraction of sp³-hybridized carbons (Fsp3) is 0.933. The monoisotopic (exact) mass is 284 g/mol. The van der Waals surface area contributed by atoms with E-state index in [-0.39, 0.29) is 24.5 Å². The summed E-state index contributed by atoms with van der Waals surface area (Å²) in [5.74, 6) is 0.330. The van der Waals surface area contributed by atoms with Crippen LogP contribution >= 0.6 is 0 Å². The average molecular weight is 284 g/mol. The number of likely N-dealkylation sites (tertiary alicyclic amines) is 1. The highest BCUT2D eigenvalue weighted by Crippen LogP contribution is 2.25. The van der Waals surface area contributed by atoms with Gasteiger partial charge in [0.2, 0.25) is 5.91 Å². The molecule has 5 heteroatoms. The number of aliphatic hydroxyl groups is 1. The van der Waals surface area contributed by atoms with Gasteiger partial charge in [-0.1, -0.05) is 0 Å². The Morgan fingerprint density at radius 1 is 1.35 bits per heavy atom. The molecular formula is C15H28N2O3. The Kier molecular flexibility index (Phi) is 5.81. The summed E-state index contributed by atoms with van der Waals surface area (Å²) < 4.78 is 5.61. The number of ether oxygens (including phenoxy) is 1. The van der Waals surface area contributed by atoms with Crippen molar-refractivity contribution in [2.75, 3.05) is 39.9 Å². The number of carbonyl (C=O) groups is 1. The second kappa shape index (κ2) is 7.38. The van der Waals surface area contributed by atoms with Crippen molar-refractivity contribution in [2.45, 2.75) is 44.8 Å². The first-order valence-electron chi connectivity index (χ1n) is 7.85. The third kappa shape index (κ3) is 3.71. The summed E-state index contributed by atoms with van der Waals surface area (Å²) in [6.07, 6.45) is 4.03. The molecule has 2 aliphatic heterocycles. The van der Waals surface area contributed by atoms with Crippen LogP contribution in [-0.4, -0.2) is 72.9 Å². The number of carbonyl (C=O) groups excluding carboxylic acids is 1. The van der Waals surface area contributed by atoms with E-state index in [9.17, 15) is 4.79 Å². The highest BCUT2D eigenvalue weighted by Gasteiger charge is 2.34. The lowest BCUT2D eigenvalue weighted by Gasteiger charge is -2.39. The molecule has 116 valence electrons. The molecule has 2 saturated heterocycles. The molecule has 2 heterocycles. The zero-order valence-corrected chi connectivity index (χ0v) is 12.8. The Balaban J connectivity index is 1.82. The maximum absolute atomic E-state index is 12.6. The largest absolute Gasteiger partial charge is 0.395 e. The molecular weight excluding hydrogens is 256 g/mol.